The number of alkyl halides is 3. The highest BCUT2D eigenvalue weighted by Gasteiger charge is 2.46. The summed E-state index contributed by atoms with van der Waals surface area (Å²) in [6.45, 7) is 0. The molecule has 1 aromatic heterocycles. The zero-order chi connectivity index (χ0) is 22.2. The van der Waals surface area contributed by atoms with Gasteiger partial charge in [-0.2, -0.15) is 18.3 Å². The first-order valence-electron chi connectivity index (χ1n) is 9.39. The van der Waals surface area contributed by atoms with Crippen molar-refractivity contribution in [2.24, 2.45) is 0 Å². The summed E-state index contributed by atoms with van der Waals surface area (Å²) in [5, 5.41) is 10.3. The first-order valence-corrected chi connectivity index (χ1v) is 11.0. The number of rotatable bonds is 4. The number of hydrogen-bond donors (Lipinski definition) is 2. The van der Waals surface area contributed by atoms with E-state index in [9.17, 15) is 18.0 Å². The van der Waals surface area contributed by atoms with Crippen LogP contribution in [0.2, 0.25) is 5.02 Å². The van der Waals surface area contributed by atoms with Crippen molar-refractivity contribution in [1.82, 2.24) is 9.78 Å². The molecular formula is C21H18ClF3N4OS. The van der Waals surface area contributed by atoms with Crippen LogP contribution >= 0.6 is 23.4 Å². The van der Waals surface area contributed by atoms with Crippen molar-refractivity contribution in [3.05, 3.63) is 70.9 Å². The summed E-state index contributed by atoms with van der Waals surface area (Å²) in [7, 11) is 0. The molecule has 0 saturated carbocycles. The van der Waals surface area contributed by atoms with E-state index in [0.717, 1.165) is 9.58 Å². The number of halogens is 4. The van der Waals surface area contributed by atoms with Crippen LogP contribution in [0.25, 0.3) is 0 Å². The van der Waals surface area contributed by atoms with E-state index in [0.29, 0.717) is 16.3 Å². The second-order valence-corrected chi connectivity index (χ2v) is 8.34. The summed E-state index contributed by atoms with van der Waals surface area (Å²) < 4.78 is 42.3. The van der Waals surface area contributed by atoms with Gasteiger partial charge >= 0.3 is 6.18 Å². The number of para-hydroxylation sites is 1. The summed E-state index contributed by atoms with van der Waals surface area (Å²) in [6.07, 6.45) is -2.90. The van der Waals surface area contributed by atoms with E-state index < -0.39 is 24.2 Å². The average molecular weight is 467 g/mol. The molecule has 0 fully saturated rings. The van der Waals surface area contributed by atoms with Crippen LogP contribution < -0.4 is 10.6 Å². The predicted octanol–water partition coefficient (Wildman–Crippen LogP) is 6.17. The molecule has 2 heterocycles. The van der Waals surface area contributed by atoms with Gasteiger partial charge in [-0.05, 0) is 36.1 Å². The molecule has 0 unspecified atom stereocenters. The van der Waals surface area contributed by atoms with Gasteiger partial charge in [0.15, 0.2) is 11.7 Å². The standard InChI is InChI=1S/C21H18ClF3N4OS/c1-31-17-5-3-2-4-14(17)27-20(30)16-11-19-26-15(12-6-8-13(22)9-7-12)10-18(21(23,24)25)29(19)28-16/h2-9,11,15,18,26H,10H2,1H3,(H,27,30)/t15-,18+/m1/s1. The van der Waals surface area contributed by atoms with E-state index in [1.165, 1.54) is 17.8 Å². The van der Waals surface area contributed by atoms with Crippen LogP contribution in [0.1, 0.15) is 34.6 Å². The zero-order valence-corrected chi connectivity index (χ0v) is 17.9. The van der Waals surface area contributed by atoms with Crippen LogP contribution in [0, 0.1) is 0 Å². The van der Waals surface area contributed by atoms with Gasteiger partial charge in [0.1, 0.15) is 5.82 Å². The van der Waals surface area contributed by atoms with E-state index >= 15 is 0 Å². The van der Waals surface area contributed by atoms with Gasteiger partial charge in [0.05, 0.1) is 11.7 Å². The van der Waals surface area contributed by atoms with E-state index in [-0.39, 0.29) is 17.9 Å². The second-order valence-electron chi connectivity index (χ2n) is 7.06. The van der Waals surface area contributed by atoms with Gasteiger partial charge in [-0.25, -0.2) is 4.68 Å². The molecule has 1 amide bonds. The third kappa shape index (κ3) is 4.52. The Morgan fingerprint density at radius 2 is 1.94 bits per heavy atom. The molecule has 162 valence electrons. The predicted molar refractivity (Wildman–Crippen MR) is 116 cm³/mol. The minimum Gasteiger partial charge on any atom is -0.363 e. The fourth-order valence-electron chi connectivity index (χ4n) is 3.53. The maximum atomic E-state index is 13.8. The molecule has 2 atom stereocenters. The van der Waals surface area contributed by atoms with Crippen molar-refractivity contribution in [3.63, 3.8) is 0 Å². The number of nitrogens with zero attached hydrogens (tertiary/aromatic N) is 2. The smallest absolute Gasteiger partial charge is 0.363 e. The van der Waals surface area contributed by atoms with Crippen LogP contribution in [0.5, 0.6) is 0 Å². The Labute approximate surface area is 186 Å². The molecule has 31 heavy (non-hydrogen) atoms. The van der Waals surface area contributed by atoms with Gasteiger partial charge in [0.2, 0.25) is 0 Å². The lowest BCUT2D eigenvalue weighted by Gasteiger charge is -2.33. The number of benzene rings is 2. The maximum absolute atomic E-state index is 13.8. The number of amides is 1. The highest BCUT2D eigenvalue weighted by atomic mass is 35.5. The lowest BCUT2D eigenvalue weighted by atomic mass is 9.97. The maximum Gasteiger partial charge on any atom is 0.410 e. The van der Waals surface area contributed by atoms with Crippen LogP contribution in [0.3, 0.4) is 0 Å². The molecule has 3 aromatic rings. The Bertz CT molecular complexity index is 1100. The van der Waals surface area contributed by atoms with Crippen molar-refractivity contribution >= 4 is 40.8 Å². The van der Waals surface area contributed by atoms with Crippen LogP contribution in [-0.4, -0.2) is 28.1 Å². The molecule has 2 aromatic carbocycles. The minimum atomic E-state index is -4.52. The Hall–Kier alpha value is -2.65. The number of carbonyl (C=O) groups is 1. The highest BCUT2D eigenvalue weighted by Crippen LogP contribution is 2.43. The minimum absolute atomic E-state index is 0.0931. The summed E-state index contributed by atoms with van der Waals surface area (Å²) >= 11 is 7.35. The molecule has 2 N–H and O–H groups in total. The van der Waals surface area contributed by atoms with Crippen molar-refractivity contribution < 1.29 is 18.0 Å². The third-order valence-electron chi connectivity index (χ3n) is 5.05. The quantitative estimate of drug-likeness (QED) is 0.451. The lowest BCUT2D eigenvalue weighted by molar-refractivity contribution is -0.173. The summed E-state index contributed by atoms with van der Waals surface area (Å²) in [6, 6.07) is 12.7. The van der Waals surface area contributed by atoms with Crippen molar-refractivity contribution in [2.75, 3.05) is 16.9 Å². The fourth-order valence-corrected chi connectivity index (χ4v) is 4.21. The summed E-state index contributed by atoms with van der Waals surface area (Å²) in [5.41, 5.74) is 1.15. The second kappa shape index (κ2) is 8.47. The number of anilines is 2. The molecule has 0 radical (unpaired) electrons. The largest absolute Gasteiger partial charge is 0.410 e. The van der Waals surface area contributed by atoms with Gasteiger partial charge in [-0.1, -0.05) is 35.9 Å². The van der Waals surface area contributed by atoms with Crippen molar-refractivity contribution in [3.8, 4) is 0 Å². The van der Waals surface area contributed by atoms with Gasteiger partial charge in [0.25, 0.3) is 5.91 Å². The van der Waals surface area contributed by atoms with Gasteiger partial charge in [-0.3, -0.25) is 4.79 Å². The summed E-state index contributed by atoms with van der Waals surface area (Å²) in [5.74, 6) is -0.439. The molecule has 0 spiro atoms. The number of hydrogen-bond acceptors (Lipinski definition) is 4. The van der Waals surface area contributed by atoms with E-state index in [1.807, 2.05) is 18.4 Å². The topological polar surface area (TPSA) is 59.0 Å². The number of fused-ring (bicyclic) bond motifs is 1. The Morgan fingerprint density at radius 3 is 2.61 bits per heavy atom. The number of aromatic nitrogens is 2. The van der Waals surface area contributed by atoms with Crippen LogP contribution in [0.15, 0.2) is 59.5 Å². The highest BCUT2D eigenvalue weighted by molar-refractivity contribution is 7.98. The molecule has 0 saturated heterocycles. The summed E-state index contributed by atoms with van der Waals surface area (Å²) in [4.78, 5) is 13.6. The first kappa shape index (κ1) is 21.6. The third-order valence-corrected chi connectivity index (χ3v) is 6.10. The van der Waals surface area contributed by atoms with Crippen molar-refractivity contribution in [2.45, 2.75) is 29.6 Å². The molecule has 4 rings (SSSR count). The molecule has 1 aliphatic heterocycles. The van der Waals surface area contributed by atoms with Gasteiger partial charge in [0, 0.05) is 22.4 Å². The number of nitrogens with one attached hydrogen (secondary N) is 2. The number of thioether (sulfide) groups is 1. The molecule has 10 heteroatoms. The first-order chi connectivity index (χ1) is 14.8. The zero-order valence-electron chi connectivity index (χ0n) is 16.3. The average Bonchev–Trinajstić information content (AvgIpc) is 3.17. The SMILES string of the molecule is CSc1ccccc1NC(=O)c1cc2n(n1)[C@H](C(F)(F)F)C[C@H](c1ccc(Cl)cc1)N2. The molecule has 0 aliphatic carbocycles. The van der Waals surface area contributed by atoms with Crippen molar-refractivity contribution in [1.29, 1.82) is 0 Å². The van der Waals surface area contributed by atoms with E-state index in [1.54, 1.807) is 36.4 Å². The molecule has 0 bridgehead atoms. The number of carbonyl (C=O) groups excluding carboxylic acids is 1. The molecule has 1 aliphatic rings. The van der Waals surface area contributed by atoms with Gasteiger partial charge in [-0.15, -0.1) is 11.8 Å². The molecule has 5 nitrogen and oxygen atoms in total. The lowest BCUT2D eigenvalue weighted by Crippen LogP contribution is -2.35. The van der Waals surface area contributed by atoms with E-state index in [2.05, 4.69) is 15.7 Å². The van der Waals surface area contributed by atoms with Gasteiger partial charge < -0.3 is 10.6 Å². The Kier molecular flexibility index (Phi) is 5.90. The van der Waals surface area contributed by atoms with Crippen LogP contribution in [0.4, 0.5) is 24.7 Å². The monoisotopic (exact) mass is 466 g/mol. The fraction of sp³-hybridized carbons (Fsp3) is 0.238. The molecular weight excluding hydrogens is 449 g/mol. The van der Waals surface area contributed by atoms with Crippen LogP contribution in [-0.2, 0) is 0 Å². The normalized spacial score (nSPS) is 18.2. The Balaban J connectivity index is 1.64. The Morgan fingerprint density at radius 1 is 1.23 bits per heavy atom. The van der Waals surface area contributed by atoms with E-state index in [4.69, 9.17) is 11.6 Å².